The Labute approximate surface area is 160 Å². The third kappa shape index (κ3) is 4.62. The van der Waals surface area contributed by atoms with Gasteiger partial charge in [0.1, 0.15) is 11.6 Å². The molecular weight excluding hydrogens is 376 g/mol. The molecule has 0 bridgehead atoms. The van der Waals surface area contributed by atoms with Crippen LogP contribution in [0.1, 0.15) is 21.5 Å². The second kappa shape index (κ2) is 8.18. The number of ether oxygens (including phenoxy) is 1. The lowest BCUT2D eigenvalue weighted by molar-refractivity contribution is -0.137. The minimum absolute atomic E-state index is 0.0212. The molecule has 8 heteroatoms. The number of hydrogen-bond acceptors (Lipinski definition) is 3. The Bertz CT molecular complexity index is 846. The third-order valence-corrected chi connectivity index (χ3v) is 4.73. The molecule has 2 aromatic carbocycles. The van der Waals surface area contributed by atoms with E-state index in [1.54, 1.807) is 11.0 Å². The highest BCUT2D eigenvalue weighted by Crippen LogP contribution is 2.30. The summed E-state index contributed by atoms with van der Waals surface area (Å²) in [6.45, 7) is 2.12. The van der Waals surface area contributed by atoms with Gasteiger partial charge in [0.15, 0.2) is 0 Å². The van der Waals surface area contributed by atoms with Crippen LogP contribution in [-0.4, -0.2) is 49.0 Å². The number of benzene rings is 2. The molecule has 4 nitrogen and oxygen atoms in total. The number of amides is 1. The summed E-state index contributed by atoms with van der Waals surface area (Å²) >= 11 is 0. The van der Waals surface area contributed by atoms with Gasteiger partial charge in [-0.05, 0) is 23.8 Å². The molecule has 3 rings (SSSR count). The summed E-state index contributed by atoms with van der Waals surface area (Å²) in [4.78, 5) is 16.1. The largest absolute Gasteiger partial charge is 0.497 e. The first-order valence-electron chi connectivity index (χ1n) is 8.79. The summed E-state index contributed by atoms with van der Waals surface area (Å²) in [5, 5.41) is 0. The topological polar surface area (TPSA) is 32.8 Å². The van der Waals surface area contributed by atoms with Crippen LogP contribution in [0.2, 0.25) is 0 Å². The van der Waals surface area contributed by atoms with Gasteiger partial charge >= 0.3 is 6.18 Å². The molecule has 1 amide bonds. The molecular formula is C20H20F4N2O2. The van der Waals surface area contributed by atoms with Gasteiger partial charge in [0.05, 0.1) is 18.2 Å². The maximum atomic E-state index is 14.1. The highest BCUT2D eigenvalue weighted by Gasteiger charge is 2.30. The number of halogens is 4. The van der Waals surface area contributed by atoms with Crippen LogP contribution in [0.5, 0.6) is 5.75 Å². The van der Waals surface area contributed by atoms with Gasteiger partial charge in [-0.15, -0.1) is 0 Å². The fourth-order valence-electron chi connectivity index (χ4n) is 3.18. The number of methoxy groups -OCH3 is 1. The van der Waals surface area contributed by atoms with Gasteiger partial charge in [0.2, 0.25) is 0 Å². The van der Waals surface area contributed by atoms with Crippen LogP contribution in [0.3, 0.4) is 0 Å². The summed E-state index contributed by atoms with van der Waals surface area (Å²) in [7, 11) is 1.42. The summed E-state index contributed by atoms with van der Waals surface area (Å²) < 4.78 is 57.5. The van der Waals surface area contributed by atoms with Gasteiger partial charge in [0, 0.05) is 38.8 Å². The van der Waals surface area contributed by atoms with Crippen molar-refractivity contribution in [3.63, 3.8) is 0 Å². The molecule has 0 saturated carbocycles. The van der Waals surface area contributed by atoms with Gasteiger partial charge in [-0.1, -0.05) is 18.2 Å². The number of alkyl halides is 3. The number of carbonyl (C=O) groups is 1. The molecule has 1 fully saturated rings. The number of carbonyl (C=O) groups excluding carboxylic acids is 1. The van der Waals surface area contributed by atoms with Crippen molar-refractivity contribution in [2.45, 2.75) is 12.7 Å². The molecule has 0 radical (unpaired) electrons. The smallest absolute Gasteiger partial charge is 0.416 e. The first kappa shape index (κ1) is 20.1. The second-order valence-electron chi connectivity index (χ2n) is 6.61. The van der Waals surface area contributed by atoms with Gasteiger partial charge in [0.25, 0.3) is 5.91 Å². The van der Waals surface area contributed by atoms with Crippen LogP contribution in [0.4, 0.5) is 17.6 Å². The molecule has 1 aliphatic heterocycles. The predicted molar refractivity (Wildman–Crippen MR) is 95.6 cm³/mol. The number of hydrogen-bond donors (Lipinski definition) is 0. The van der Waals surface area contributed by atoms with E-state index in [-0.39, 0.29) is 5.56 Å². The zero-order chi connectivity index (χ0) is 20.3. The minimum atomic E-state index is -4.37. The van der Waals surface area contributed by atoms with Crippen LogP contribution in [0.25, 0.3) is 0 Å². The average molecular weight is 396 g/mol. The highest BCUT2D eigenvalue weighted by molar-refractivity contribution is 5.94. The van der Waals surface area contributed by atoms with Crippen LogP contribution in [0, 0.1) is 5.82 Å². The SMILES string of the molecule is COc1ccc(C(=O)N2CCN(Cc3cccc(C(F)(F)F)c3)CC2)c(F)c1. The minimum Gasteiger partial charge on any atom is -0.497 e. The molecule has 1 saturated heterocycles. The fraction of sp³-hybridized carbons (Fsp3) is 0.350. The normalized spacial score (nSPS) is 15.5. The Morgan fingerprint density at radius 3 is 2.39 bits per heavy atom. The first-order chi connectivity index (χ1) is 13.3. The number of piperazine rings is 1. The van der Waals surface area contributed by atoms with Gasteiger partial charge in [-0.25, -0.2) is 4.39 Å². The Morgan fingerprint density at radius 1 is 1.07 bits per heavy atom. The van der Waals surface area contributed by atoms with Gasteiger partial charge < -0.3 is 9.64 Å². The lowest BCUT2D eigenvalue weighted by Gasteiger charge is -2.35. The Balaban J connectivity index is 1.60. The van der Waals surface area contributed by atoms with Crippen molar-refractivity contribution in [3.05, 3.63) is 65.0 Å². The van der Waals surface area contributed by atoms with Crippen molar-refractivity contribution in [3.8, 4) is 5.75 Å². The Hall–Kier alpha value is -2.61. The van der Waals surface area contributed by atoms with E-state index in [0.29, 0.717) is 44.0 Å². The van der Waals surface area contributed by atoms with Crippen LogP contribution < -0.4 is 4.74 Å². The quantitative estimate of drug-likeness (QED) is 0.737. The number of nitrogens with zero attached hydrogens (tertiary/aromatic N) is 2. The van der Waals surface area contributed by atoms with E-state index in [1.165, 1.54) is 25.3 Å². The zero-order valence-corrected chi connectivity index (χ0v) is 15.3. The van der Waals surface area contributed by atoms with Crippen molar-refractivity contribution >= 4 is 5.91 Å². The van der Waals surface area contributed by atoms with Crippen LogP contribution >= 0.6 is 0 Å². The maximum Gasteiger partial charge on any atom is 0.416 e. The molecule has 0 aliphatic carbocycles. The average Bonchev–Trinajstić information content (AvgIpc) is 2.67. The lowest BCUT2D eigenvalue weighted by Crippen LogP contribution is -2.48. The van der Waals surface area contributed by atoms with Gasteiger partial charge in [-0.3, -0.25) is 9.69 Å². The van der Waals surface area contributed by atoms with Crippen LogP contribution in [0.15, 0.2) is 42.5 Å². The number of rotatable bonds is 4. The standard InChI is InChI=1S/C20H20F4N2O2/c1-28-16-5-6-17(18(21)12-16)19(27)26-9-7-25(8-10-26)13-14-3-2-4-15(11-14)20(22,23)24/h2-6,11-12H,7-10,13H2,1H3. The Morgan fingerprint density at radius 2 is 1.79 bits per heavy atom. The second-order valence-corrected chi connectivity index (χ2v) is 6.61. The predicted octanol–water partition coefficient (Wildman–Crippen LogP) is 3.81. The molecule has 2 aromatic rings. The summed E-state index contributed by atoms with van der Waals surface area (Å²) in [6.07, 6.45) is -4.37. The molecule has 1 heterocycles. The summed E-state index contributed by atoms with van der Waals surface area (Å²) in [5.41, 5.74) is -0.128. The van der Waals surface area contributed by atoms with Crippen molar-refractivity contribution < 1.29 is 27.1 Å². The van der Waals surface area contributed by atoms with E-state index in [4.69, 9.17) is 4.74 Å². The lowest BCUT2D eigenvalue weighted by atomic mass is 10.1. The van der Waals surface area contributed by atoms with E-state index in [2.05, 4.69) is 0 Å². The molecule has 0 spiro atoms. The van der Waals surface area contributed by atoms with E-state index in [1.807, 2.05) is 4.90 Å². The van der Waals surface area contributed by atoms with E-state index < -0.39 is 23.5 Å². The maximum absolute atomic E-state index is 14.1. The van der Waals surface area contributed by atoms with Crippen molar-refractivity contribution in [2.24, 2.45) is 0 Å². The molecule has 0 N–H and O–H groups in total. The van der Waals surface area contributed by atoms with Crippen LogP contribution in [-0.2, 0) is 12.7 Å². The van der Waals surface area contributed by atoms with Crippen molar-refractivity contribution in [1.29, 1.82) is 0 Å². The van der Waals surface area contributed by atoms with E-state index >= 15 is 0 Å². The van der Waals surface area contributed by atoms with Gasteiger partial charge in [-0.2, -0.15) is 13.2 Å². The molecule has 0 aromatic heterocycles. The fourth-order valence-corrected chi connectivity index (χ4v) is 3.18. The molecule has 0 atom stereocenters. The van der Waals surface area contributed by atoms with E-state index in [0.717, 1.165) is 18.2 Å². The monoisotopic (exact) mass is 396 g/mol. The Kier molecular flexibility index (Phi) is 5.88. The molecule has 28 heavy (non-hydrogen) atoms. The van der Waals surface area contributed by atoms with E-state index in [9.17, 15) is 22.4 Å². The molecule has 150 valence electrons. The zero-order valence-electron chi connectivity index (χ0n) is 15.3. The third-order valence-electron chi connectivity index (χ3n) is 4.73. The van der Waals surface area contributed by atoms with Crippen molar-refractivity contribution in [1.82, 2.24) is 9.80 Å². The highest BCUT2D eigenvalue weighted by atomic mass is 19.4. The summed E-state index contributed by atoms with van der Waals surface area (Å²) in [6, 6.07) is 9.32. The van der Waals surface area contributed by atoms with Crippen molar-refractivity contribution in [2.75, 3.05) is 33.3 Å². The summed E-state index contributed by atoms with van der Waals surface area (Å²) in [5.74, 6) is -0.713. The first-order valence-corrected chi connectivity index (χ1v) is 8.79. The molecule has 1 aliphatic rings. The molecule has 0 unspecified atom stereocenters.